The lowest BCUT2D eigenvalue weighted by molar-refractivity contribution is 0.685. The number of aryl methyl sites for hydroxylation is 4. The number of hydrogen-bond acceptors (Lipinski definition) is 4. The van der Waals surface area contributed by atoms with Gasteiger partial charge in [0, 0.05) is 37.4 Å². The van der Waals surface area contributed by atoms with Gasteiger partial charge in [-0.05, 0) is 13.8 Å². The van der Waals surface area contributed by atoms with Crippen LogP contribution < -0.4 is 22.2 Å². The summed E-state index contributed by atoms with van der Waals surface area (Å²) >= 11 is 0. The second kappa shape index (κ2) is 6.00. The summed E-state index contributed by atoms with van der Waals surface area (Å²) < 4.78 is 2.31. The summed E-state index contributed by atoms with van der Waals surface area (Å²) in [6.45, 7) is 3.21. The van der Waals surface area contributed by atoms with E-state index < -0.39 is 0 Å². The average molecular weight is 280 g/mol. The molecule has 0 amide bonds. The van der Waals surface area contributed by atoms with Gasteiger partial charge in [-0.2, -0.15) is 0 Å². The lowest BCUT2D eigenvalue weighted by atomic mass is 10.3. The molecule has 2 aromatic rings. The molecule has 8 nitrogen and oxygen atoms in total. The van der Waals surface area contributed by atoms with Gasteiger partial charge in [0.15, 0.2) is 0 Å². The molecular weight excluding hydrogens is 264 g/mol. The van der Waals surface area contributed by atoms with Crippen LogP contribution in [0.5, 0.6) is 0 Å². The van der Waals surface area contributed by atoms with Crippen molar-refractivity contribution in [3.8, 4) is 0 Å². The molecule has 0 saturated heterocycles. The van der Waals surface area contributed by atoms with Crippen molar-refractivity contribution in [3.05, 3.63) is 64.7 Å². The van der Waals surface area contributed by atoms with Gasteiger partial charge < -0.3 is 0 Å². The molecule has 2 aromatic heterocycles. The molecule has 108 valence electrons. The molecule has 2 rings (SSSR count). The molecule has 2 N–H and O–H groups in total. The summed E-state index contributed by atoms with van der Waals surface area (Å²) in [5.74, 6) is 0. The van der Waals surface area contributed by atoms with Crippen molar-refractivity contribution in [3.63, 3.8) is 0 Å². The molecule has 0 bridgehead atoms. The van der Waals surface area contributed by atoms with Crippen LogP contribution in [0.25, 0.3) is 0 Å². The molecule has 0 unspecified atom stereocenters. The number of aromatic amines is 2. The summed E-state index contributed by atoms with van der Waals surface area (Å²) in [5, 5.41) is 4.68. The summed E-state index contributed by atoms with van der Waals surface area (Å²) in [6.07, 6.45) is 0. The van der Waals surface area contributed by atoms with E-state index in [9.17, 15) is 19.2 Å². The molecule has 0 aliphatic rings. The SMILES string of the molecule is Cc1cc(=O)[nH]n(C)c1=O.Cc1cc(=O)n(C)[nH]c1=O. The van der Waals surface area contributed by atoms with Gasteiger partial charge >= 0.3 is 0 Å². The Morgan fingerprint density at radius 2 is 1.45 bits per heavy atom. The van der Waals surface area contributed by atoms with E-state index in [1.165, 1.54) is 26.2 Å². The quantitative estimate of drug-likeness (QED) is 0.629. The Bertz CT molecular complexity index is 773. The van der Waals surface area contributed by atoms with Gasteiger partial charge in [-0.1, -0.05) is 0 Å². The first kappa shape index (κ1) is 15.4. The topological polar surface area (TPSA) is 110 Å². The van der Waals surface area contributed by atoms with Crippen molar-refractivity contribution >= 4 is 0 Å². The number of aromatic nitrogens is 4. The fourth-order valence-electron chi connectivity index (χ4n) is 1.41. The molecule has 0 spiro atoms. The predicted molar refractivity (Wildman–Crippen MR) is 74.1 cm³/mol. The lowest BCUT2D eigenvalue weighted by Crippen LogP contribution is -2.28. The Balaban J connectivity index is 0.000000200. The number of hydrogen-bond donors (Lipinski definition) is 2. The molecule has 0 aromatic carbocycles. The van der Waals surface area contributed by atoms with Crippen molar-refractivity contribution in [2.45, 2.75) is 13.8 Å². The minimum absolute atomic E-state index is 0.167. The number of nitrogens with one attached hydrogen (secondary N) is 2. The third-order valence-corrected chi connectivity index (χ3v) is 2.57. The summed E-state index contributed by atoms with van der Waals surface area (Å²) in [7, 11) is 3.01. The van der Waals surface area contributed by atoms with E-state index in [0.717, 1.165) is 9.36 Å². The minimum Gasteiger partial charge on any atom is -0.268 e. The van der Waals surface area contributed by atoms with Crippen LogP contribution in [0.3, 0.4) is 0 Å². The van der Waals surface area contributed by atoms with Crippen LogP contribution >= 0.6 is 0 Å². The number of nitrogens with zero attached hydrogens (tertiary/aromatic N) is 2. The van der Waals surface area contributed by atoms with Gasteiger partial charge in [-0.3, -0.25) is 38.7 Å². The zero-order valence-corrected chi connectivity index (χ0v) is 11.7. The van der Waals surface area contributed by atoms with Gasteiger partial charge in [0.1, 0.15) is 0 Å². The van der Waals surface area contributed by atoms with Crippen molar-refractivity contribution in [2.24, 2.45) is 14.1 Å². The highest BCUT2D eigenvalue weighted by atomic mass is 16.2. The molecule has 2 heterocycles. The van der Waals surface area contributed by atoms with Crippen LogP contribution in [0.15, 0.2) is 31.3 Å². The highest BCUT2D eigenvalue weighted by molar-refractivity contribution is 5.03. The van der Waals surface area contributed by atoms with Gasteiger partial charge in [-0.15, -0.1) is 0 Å². The van der Waals surface area contributed by atoms with Gasteiger partial charge in [0.2, 0.25) is 0 Å². The third-order valence-electron chi connectivity index (χ3n) is 2.57. The maximum absolute atomic E-state index is 10.9. The van der Waals surface area contributed by atoms with Crippen molar-refractivity contribution in [2.75, 3.05) is 0 Å². The minimum atomic E-state index is -0.250. The summed E-state index contributed by atoms with van der Waals surface area (Å²) in [6, 6.07) is 2.58. The van der Waals surface area contributed by atoms with Gasteiger partial charge in [0.25, 0.3) is 22.2 Å². The Labute approximate surface area is 113 Å². The molecule has 0 fully saturated rings. The van der Waals surface area contributed by atoms with Crippen molar-refractivity contribution in [1.29, 1.82) is 0 Å². The van der Waals surface area contributed by atoms with Crippen LogP contribution in [0.2, 0.25) is 0 Å². The predicted octanol–water partition coefficient (Wildman–Crippen LogP) is -1.24. The molecule has 20 heavy (non-hydrogen) atoms. The first-order valence-electron chi connectivity index (χ1n) is 5.76. The average Bonchev–Trinajstić information content (AvgIpc) is 2.34. The van der Waals surface area contributed by atoms with Crippen LogP contribution in [0, 0.1) is 13.8 Å². The lowest BCUT2D eigenvalue weighted by Gasteiger charge is -1.95. The van der Waals surface area contributed by atoms with Crippen LogP contribution in [-0.4, -0.2) is 19.6 Å². The fourth-order valence-corrected chi connectivity index (χ4v) is 1.41. The maximum Gasteiger partial charge on any atom is 0.267 e. The van der Waals surface area contributed by atoms with E-state index in [2.05, 4.69) is 10.2 Å². The smallest absolute Gasteiger partial charge is 0.267 e. The highest BCUT2D eigenvalue weighted by Gasteiger charge is 1.95. The van der Waals surface area contributed by atoms with Gasteiger partial charge in [-0.25, -0.2) is 0 Å². The largest absolute Gasteiger partial charge is 0.268 e. The Morgan fingerprint density at radius 3 is 1.95 bits per heavy atom. The zero-order valence-electron chi connectivity index (χ0n) is 11.7. The Morgan fingerprint density at radius 1 is 0.850 bits per heavy atom. The summed E-state index contributed by atoms with van der Waals surface area (Å²) in [5.41, 5.74) is 0.0766. The van der Waals surface area contributed by atoms with Crippen LogP contribution in [-0.2, 0) is 14.1 Å². The highest BCUT2D eigenvalue weighted by Crippen LogP contribution is 1.76. The molecule has 0 aliphatic heterocycles. The van der Waals surface area contributed by atoms with E-state index >= 15 is 0 Å². The number of rotatable bonds is 0. The van der Waals surface area contributed by atoms with Crippen LogP contribution in [0.4, 0.5) is 0 Å². The third kappa shape index (κ3) is 3.67. The molecule has 0 radical (unpaired) electrons. The van der Waals surface area contributed by atoms with Crippen molar-refractivity contribution < 1.29 is 0 Å². The van der Waals surface area contributed by atoms with Crippen LogP contribution in [0.1, 0.15) is 11.1 Å². The first-order chi connectivity index (χ1) is 9.22. The monoisotopic (exact) mass is 280 g/mol. The van der Waals surface area contributed by atoms with E-state index in [1.807, 2.05) is 0 Å². The summed E-state index contributed by atoms with van der Waals surface area (Å²) in [4.78, 5) is 43.1. The molecule has 0 atom stereocenters. The normalized spacial score (nSPS) is 9.80. The van der Waals surface area contributed by atoms with E-state index in [0.29, 0.717) is 11.1 Å². The number of H-pyrrole nitrogens is 2. The molecule has 0 aliphatic carbocycles. The zero-order chi connectivity index (χ0) is 15.4. The fraction of sp³-hybridized carbons (Fsp3) is 0.333. The molecular formula is C12H16N4O4. The standard InChI is InChI=1S/2C6H8N2O2/c1-4-3-5(9)8(2)7-6(4)10;1-4-3-5(9)7-8(2)6(4)10/h3H,1-2H3,(H,7,10);3H,1-2H3,(H,7,9). The van der Waals surface area contributed by atoms with E-state index in [-0.39, 0.29) is 22.2 Å². The maximum atomic E-state index is 10.9. The second-order valence-electron chi connectivity index (χ2n) is 4.33. The van der Waals surface area contributed by atoms with Crippen molar-refractivity contribution in [1.82, 2.24) is 19.6 Å². The van der Waals surface area contributed by atoms with E-state index in [1.54, 1.807) is 13.8 Å². The van der Waals surface area contributed by atoms with E-state index in [4.69, 9.17) is 0 Å². The molecule has 8 heteroatoms. The first-order valence-corrected chi connectivity index (χ1v) is 5.76. The Kier molecular flexibility index (Phi) is 4.63. The second-order valence-corrected chi connectivity index (χ2v) is 4.33. The Hall–Kier alpha value is -2.64. The molecule has 0 saturated carbocycles. The van der Waals surface area contributed by atoms with Gasteiger partial charge in [0.05, 0.1) is 0 Å².